The van der Waals surface area contributed by atoms with Crippen LogP contribution in [0.2, 0.25) is 0 Å². The van der Waals surface area contributed by atoms with E-state index < -0.39 is 66.7 Å². The minimum atomic E-state index is -1.38. The zero-order valence-corrected chi connectivity index (χ0v) is 25.8. The number of aliphatic hydroxyl groups is 1. The number of aliphatic hydroxyl groups excluding tert-OH is 1. The molecule has 1 aliphatic heterocycles. The van der Waals surface area contributed by atoms with E-state index in [1.54, 1.807) is 0 Å². The number of halogens is 2. The summed E-state index contributed by atoms with van der Waals surface area (Å²) in [5.74, 6) is -7.54. The predicted octanol–water partition coefficient (Wildman–Crippen LogP) is 3.15. The van der Waals surface area contributed by atoms with Crippen molar-refractivity contribution < 1.29 is 59.0 Å². The SMILES string of the molecule is O=C(O)CN(CC(=O)O)[C@H](CCCCNC(=O)c1ccc(C(=O)O)c(C2=C3C=C(Cl)C(=O)C=C3O[C@H]3C=C(O)C(Cl)=C[C@H]23)c1)C(=O)O. The Balaban J connectivity index is 1.57. The van der Waals surface area contributed by atoms with Gasteiger partial charge in [-0.25, -0.2) is 4.79 Å². The number of ether oxygens (including phenoxy) is 1. The monoisotopic (exact) mass is 690 g/mol. The summed E-state index contributed by atoms with van der Waals surface area (Å²) in [7, 11) is 0. The number of carbonyl (C=O) groups excluding carboxylic acids is 2. The van der Waals surface area contributed by atoms with Crippen molar-refractivity contribution in [3.63, 3.8) is 0 Å². The lowest BCUT2D eigenvalue weighted by Crippen LogP contribution is -2.46. The van der Waals surface area contributed by atoms with E-state index in [2.05, 4.69) is 5.32 Å². The first-order valence-electron chi connectivity index (χ1n) is 14.1. The Bertz CT molecular complexity index is 1690. The van der Waals surface area contributed by atoms with Gasteiger partial charge in [-0.1, -0.05) is 29.3 Å². The van der Waals surface area contributed by atoms with Crippen molar-refractivity contribution in [2.75, 3.05) is 19.6 Å². The van der Waals surface area contributed by atoms with Gasteiger partial charge in [-0.2, -0.15) is 0 Å². The molecule has 3 atom stereocenters. The van der Waals surface area contributed by atoms with Crippen molar-refractivity contribution in [1.82, 2.24) is 10.2 Å². The van der Waals surface area contributed by atoms with Crippen LogP contribution in [0.1, 0.15) is 45.5 Å². The van der Waals surface area contributed by atoms with E-state index in [0.717, 1.165) is 11.0 Å². The van der Waals surface area contributed by atoms with Gasteiger partial charge in [0.05, 0.1) is 28.7 Å². The Labute approximate surface area is 276 Å². The number of amides is 1. The molecule has 0 fully saturated rings. The summed E-state index contributed by atoms with van der Waals surface area (Å²) in [6.45, 7) is -1.51. The fourth-order valence-electron chi connectivity index (χ4n) is 5.47. The highest BCUT2D eigenvalue weighted by molar-refractivity contribution is 6.45. The number of allylic oxidation sites excluding steroid dienone is 4. The van der Waals surface area contributed by atoms with E-state index in [0.29, 0.717) is 11.1 Å². The zero-order valence-electron chi connectivity index (χ0n) is 24.3. The van der Waals surface area contributed by atoms with Crippen molar-refractivity contribution in [2.24, 2.45) is 5.92 Å². The Morgan fingerprint density at radius 1 is 0.936 bits per heavy atom. The van der Waals surface area contributed by atoms with Crippen molar-refractivity contribution >= 4 is 64.3 Å². The molecule has 0 saturated carbocycles. The number of nitrogens with zero attached hydrogens (tertiary/aromatic N) is 1. The first-order valence-corrected chi connectivity index (χ1v) is 14.8. The number of hydrogen-bond acceptors (Lipinski definition) is 9. The smallest absolute Gasteiger partial charge is 0.336 e. The number of rotatable bonds is 14. The first kappa shape index (κ1) is 34.9. The van der Waals surface area contributed by atoms with Crippen LogP contribution in [0.3, 0.4) is 0 Å². The van der Waals surface area contributed by atoms with Gasteiger partial charge in [-0.3, -0.25) is 28.9 Å². The summed E-state index contributed by atoms with van der Waals surface area (Å²) < 4.78 is 5.94. The topological polar surface area (TPSA) is 228 Å². The summed E-state index contributed by atoms with van der Waals surface area (Å²) in [5, 5.41) is 50.4. The molecule has 1 aromatic rings. The number of carboxylic acids is 4. The standard InChI is InChI=1S/C31H28Cl2N2O12/c32-19-8-17-24(10-22(19)36)47-25-11-23(37)20(33)9-18(25)28(17)16-7-14(4-5-15(16)30(43)44)29(42)34-6-2-1-3-21(31(45)46)35(12-26(38)39)13-27(40)41/h4-5,7-11,17,21,24,36H,1-3,6,12-13H2,(H,34,42)(H,38,39)(H,40,41)(H,43,44)(H,45,46)/t17-,21+,24-/m0/s1. The van der Waals surface area contributed by atoms with Crippen LogP contribution in [0, 0.1) is 5.92 Å². The van der Waals surface area contributed by atoms with Gasteiger partial charge in [-0.15, -0.1) is 0 Å². The number of carbonyl (C=O) groups is 6. The number of ketones is 1. The molecule has 4 rings (SSSR count). The summed E-state index contributed by atoms with van der Waals surface area (Å²) >= 11 is 12.4. The zero-order chi connectivity index (χ0) is 34.6. The molecule has 3 aliphatic rings. The van der Waals surface area contributed by atoms with Crippen molar-refractivity contribution in [1.29, 1.82) is 0 Å². The predicted molar refractivity (Wildman–Crippen MR) is 165 cm³/mol. The average Bonchev–Trinajstić information content (AvgIpc) is 2.98. The Morgan fingerprint density at radius 3 is 2.23 bits per heavy atom. The third kappa shape index (κ3) is 8.09. The molecule has 0 aromatic heterocycles. The summed E-state index contributed by atoms with van der Waals surface area (Å²) in [6, 6.07) is 2.53. The number of aliphatic carboxylic acids is 3. The van der Waals surface area contributed by atoms with Crippen molar-refractivity contribution in [3.05, 3.63) is 86.3 Å². The van der Waals surface area contributed by atoms with Crippen LogP contribution in [0.4, 0.5) is 0 Å². The van der Waals surface area contributed by atoms with Gasteiger partial charge in [0.2, 0.25) is 5.78 Å². The van der Waals surface area contributed by atoms with Crippen molar-refractivity contribution in [3.8, 4) is 0 Å². The molecule has 14 nitrogen and oxygen atoms in total. The van der Waals surface area contributed by atoms with Crippen LogP contribution in [0.25, 0.3) is 5.57 Å². The minimum Gasteiger partial charge on any atom is -0.507 e. The van der Waals surface area contributed by atoms with Gasteiger partial charge in [0.15, 0.2) is 0 Å². The molecule has 0 saturated heterocycles. The molecule has 0 bridgehead atoms. The maximum atomic E-state index is 13.2. The molecule has 1 heterocycles. The molecule has 47 heavy (non-hydrogen) atoms. The van der Waals surface area contributed by atoms with Gasteiger partial charge < -0.3 is 35.6 Å². The van der Waals surface area contributed by atoms with E-state index >= 15 is 0 Å². The van der Waals surface area contributed by atoms with E-state index in [-0.39, 0.29) is 64.1 Å². The molecular weight excluding hydrogens is 663 g/mol. The van der Waals surface area contributed by atoms with Crippen LogP contribution in [-0.2, 0) is 23.9 Å². The second kappa shape index (κ2) is 14.7. The van der Waals surface area contributed by atoms with Gasteiger partial charge in [0, 0.05) is 35.8 Å². The Hall–Kier alpha value is -4.92. The molecule has 2 aliphatic carbocycles. The van der Waals surface area contributed by atoms with Gasteiger partial charge >= 0.3 is 23.9 Å². The van der Waals surface area contributed by atoms with E-state index in [1.807, 2.05) is 0 Å². The van der Waals surface area contributed by atoms with Crippen LogP contribution in [0.15, 0.2) is 69.7 Å². The van der Waals surface area contributed by atoms with Crippen LogP contribution in [0.5, 0.6) is 0 Å². The minimum absolute atomic E-state index is 0.0210. The lowest BCUT2D eigenvalue weighted by atomic mass is 9.77. The summed E-state index contributed by atoms with van der Waals surface area (Å²) in [5.41, 5.74) is 0.616. The molecule has 1 aromatic carbocycles. The molecule has 16 heteroatoms. The molecule has 0 spiro atoms. The lowest BCUT2D eigenvalue weighted by molar-refractivity contribution is -0.149. The van der Waals surface area contributed by atoms with E-state index in [1.165, 1.54) is 36.4 Å². The van der Waals surface area contributed by atoms with Crippen LogP contribution < -0.4 is 5.32 Å². The second-order valence-electron chi connectivity index (χ2n) is 10.7. The fourth-order valence-corrected chi connectivity index (χ4v) is 5.84. The number of unbranched alkanes of at least 4 members (excludes halogenated alkanes) is 1. The number of nitrogens with one attached hydrogen (secondary N) is 1. The summed E-state index contributed by atoms with van der Waals surface area (Å²) in [4.78, 5) is 72.6. The molecule has 1 amide bonds. The number of fused-ring (bicyclic) bond motifs is 2. The highest BCUT2D eigenvalue weighted by Crippen LogP contribution is 2.47. The number of carboxylic acid groups (broad SMARTS) is 4. The average molecular weight is 691 g/mol. The third-order valence-electron chi connectivity index (χ3n) is 7.56. The highest BCUT2D eigenvalue weighted by atomic mass is 35.5. The van der Waals surface area contributed by atoms with Crippen LogP contribution in [-0.4, -0.2) is 97.8 Å². The summed E-state index contributed by atoms with van der Waals surface area (Å²) in [6.07, 6.45) is 4.76. The molecule has 0 unspecified atom stereocenters. The maximum Gasteiger partial charge on any atom is 0.336 e. The fraction of sp³-hybridized carbons (Fsp3) is 0.290. The number of aromatic carboxylic acids is 1. The van der Waals surface area contributed by atoms with E-state index in [4.69, 9.17) is 38.2 Å². The largest absolute Gasteiger partial charge is 0.507 e. The number of hydrogen-bond donors (Lipinski definition) is 6. The van der Waals surface area contributed by atoms with Crippen molar-refractivity contribution in [2.45, 2.75) is 31.4 Å². The molecule has 6 N–H and O–H groups in total. The van der Waals surface area contributed by atoms with Gasteiger partial charge in [0.25, 0.3) is 5.91 Å². The first-order chi connectivity index (χ1) is 22.2. The lowest BCUT2D eigenvalue weighted by Gasteiger charge is -2.37. The normalized spacial score (nSPS) is 19.3. The Kier molecular flexibility index (Phi) is 10.9. The molecular formula is C31H28Cl2N2O12. The molecule has 0 radical (unpaired) electrons. The van der Waals surface area contributed by atoms with Crippen LogP contribution >= 0.6 is 23.2 Å². The van der Waals surface area contributed by atoms with E-state index in [9.17, 15) is 44.1 Å². The highest BCUT2D eigenvalue weighted by Gasteiger charge is 2.40. The second-order valence-corrected chi connectivity index (χ2v) is 11.5. The number of benzene rings is 1. The molecule has 248 valence electrons. The quantitative estimate of drug-likeness (QED) is 0.154. The maximum absolute atomic E-state index is 13.2. The Morgan fingerprint density at radius 2 is 1.62 bits per heavy atom. The van der Waals surface area contributed by atoms with Gasteiger partial charge in [-0.05, 0) is 54.7 Å². The van der Waals surface area contributed by atoms with Gasteiger partial charge in [0.1, 0.15) is 23.7 Å². The third-order valence-corrected chi connectivity index (χ3v) is 8.18.